The molecule has 0 aliphatic carbocycles. The molecule has 1 aromatic heterocycles. The van der Waals surface area contributed by atoms with Crippen LogP contribution in [0.1, 0.15) is 15.9 Å². The molecule has 0 spiro atoms. The first kappa shape index (κ1) is 13.9. The number of aromatic nitrogens is 4. The van der Waals surface area contributed by atoms with Crippen LogP contribution in [0.15, 0.2) is 54.6 Å². The largest absolute Gasteiger partial charge is 0.366 e. The third-order valence-corrected chi connectivity index (χ3v) is 3.32. The van der Waals surface area contributed by atoms with Crippen molar-refractivity contribution in [2.45, 2.75) is 13.0 Å². The molecule has 2 aromatic carbocycles. The second-order valence-electron chi connectivity index (χ2n) is 4.89. The predicted molar refractivity (Wildman–Crippen MR) is 81.9 cm³/mol. The van der Waals surface area contributed by atoms with Crippen molar-refractivity contribution in [2.24, 2.45) is 5.73 Å². The van der Waals surface area contributed by atoms with Gasteiger partial charge in [-0.2, -0.15) is 4.80 Å². The van der Waals surface area contributed by atoms with Crippen LogP contribution in [0.5, 0.6) is 0 Å². The molecule has 0 aliphatic heterocycles. The minimum absolute atomic E-state index is 0.453. The lowest BCUT2D eigenvalue weighted by molar-refractivity contribution is 0.100. The Bertz CT molecular complexity index is 765. The van der Waals surface area contributed by atoms with Gasteiger partial charge >= 0.3 is 0 Å². The summed E-state index contributed by atoms with van der Waals surface area (Å²) in [6.45, 7) is 0.663. The second kappa shape index (κ2) is 6.17. The molecule has 0 bridgehead atoms. The summed E-state index contributed by atoms with van der Waals surface area (Å²) < 4.78 is 0. The lowest BCUT2D eigenvalue weighted by Gasteiger charge is -1.99. The molecular formula is C16H15N5O. The highest BCUT2D eigenvalue weighted by Gasteiger charge is 2.07. The van der Waals surface area contributed by atoms with Gasteiger partial charge in [0.2, 0.25) is 11.7 Å². The molecule has 6 heteroatoms. The highest BCUT2D eigenvalue weighted by Crippen LogP contribution is 2.14. The van der Waals surface area contributed by atoms with Crippen LogP contribution in [0.2, 0.25) is 0 Å². The van der Waals surface area contributed by atoms with E-state index >= 15 is 0 Å². The molecule has 0 aliphatic rings. The van der Waals surface area contributed by atoms with Gasteiger partial charge in [-0.05, 0) is 29.3 Å². The molecule has 22 heavy (non-hydrogen) atoms. The zero-order valence-electron chi connectivity index (χ0n) is 11.9. The molecule has 1 amide bonds. The number of hydrogen-bond acceptors (Lipinski definition) is 4. The maximum atomic E-state index is 11.0. The zero-order valence-corrected chi connectivity index (χ0v) is 11.9. The van der Waals surface area contributed by atoms with Gasteiger partial charge in [-0.1, -0.05) is 42.5 Å². The van der Waals surface area contributed by atoms with E-state index in [0.717, 1.165) is 12.0 Å². The maximum absolute atomic E-state index is 11.0. The Morgan fingerprint density at radius 1 is 1.05 bits per heavy atom. The number of nitrogens with zero attached hydrogens (tertiary/aromatic N) is 4. The number of carbonyl (C=O) groups excluding carboxylic acids is 1. The van der Waals surface area contributed by atoms with Crippen LogP contribution in [0, 0.1) is 0 Å². The van der Waals surface area contributed by atoms with Crippen molar-refractivity contribution in [1.82, 2.24) is 20.2 Å². The van der Waals surface area contributed by atoms with Gasteiger partial charge in [0, 0.05) is 11.1 Å². The molecule has 3 rings (SSSR count). The molecule has 0 unspecified atom stereocenters. The normalized spacial score (nSPS) is 10.5. The van der Waals surface area contributed by atoms with Crippen molar-refractivity contribution in [3.63, 3.8) is 0 Å². The Morgan fingerprint density at radius 3 is 2.45 bits per heavy atom. The molecular weight excluding hydrogens is 278 g/mol. The number of rotatable bonds is 5. The fraction of sp³-hybridized carbons (Fsp3) is 0.125. The van der Waals surface area contributed by atoms with Crippen LogP contribution in [0.3, 0.4) is 0 Å². The van der Waals surface area contributed by atoms with Crippen LogP contribution in [0.25, 0.3) is 11.4 Å². The summed E-state index contributed by atoms with van der Waals surface area (Å²) in [6.07, 6.45) is 0.844. The van der Waals surface area contributed by atoms with E-state index in [0.29, 0.717) is 17.9 Å². The molecule has 0 saturated carbocycles. The van der Waals surface area contributed by atoms with E-state index in [9.17, 15) is 4.79 Å². The summed E-state index contributed by atoms with van der Waals surface area (Å²) in [4.78, 5) is 12.6. The first-order valence-corrected chi connectivity index (χ1v) is 6.94. The van der Waals surface area contributed by atoms with E-state index in [2.05, 4.69) is 27.5 Å². The SMILES string of the molecule is NC(=O)c1ccc(-c2nnn(CCc3ccccc3)n2)cc1. The van der Waals surface area contributed by atoms with E-state index in [1.807, 2.05) is 18.2 Å². The Balaban J connectivity index is 1.69. The number of carbonyl (C=O) groups is 1. The van der Waals surface area contributed by atoms with Gasteiger partial charge in [-0.3, -0.25) is 4.79 Å². The van der Waals surface area contributed by atoms with Crippen LogP contribution in [0.4, 0.5) is 0 Å². The van der Waals surface area contributed by atoms with E-state index in [1.54, 1.807) is 29.1 Å². The Hall–Kier alpha value is -3.02. The lowest BCUT2D eigenvalue weighted by Crippen LogP contribution is -2.10. The topological polar surface area (TPSA) is 86.7 Å². The number of nitrogens with two attached hydrogens (primary N) is 1. The molecule has 110 valence electrons. The standard InChI is InChI=1S/C16H15N5O/c17-15(22)13-6-8-14(9-7-13)16-18-20-21(19-16)11-10-12-4-2-1-3-5-12/h1-9H,10-11H2,(H2,17,22). The van der Waals surface area contributed by atoms with Gasteiger partial charge in [0.15, 0.2) is 0 Å². The number of tetrazole rings is 1. The molecule has 3 aromatic rings. The zero-order chi connectivity index (χ0) is 15.4. The van der Waals surface area contributed by atoms with Gasteiger partial charge < -0.3 is 5.73 Å². The van der Waals surface area contributed by atoms with Crippen LogP contribution >= 0.6 is 0 Å². The van der Waals surface area contributed by atoms with Gasteiger partial charge in [-0.15, -0.1) is 10.2 Å². The molecule has 0 atom stereocenters. The Morgan fingerprint density at radius 2 is 1.77 bits per heavy atom. The van der Waals surface area contributed by atoms with Crippen molar-refractivity contribution in [3.8, 4) is 11.4 Å². The van der Waals surface area contributed by atoms with Crippen molar-refractivity contribution in [2.75, 3.05) is 0 Å². The van der Waals surface area contributed by atoms with Crippen LogP contribution < -0.4 is 5.73 Å². The molecule has 0 fully saturated rings. The summed E-state index contributed by atoms with van der Waals surface area (Å²) >= 11 is 0. The average Bonchev–Trinajstić information content (AvgIpc) is 3.03. The third kappa shape index (κ3) is 3.17. The number of benzene rings is 2. The Labute approximate surface area is 127 Å². The first-order chi connectivity index (χ1) is 10.7. The number of amides is 1. The van der Waals surface area contributed by atoms with Crippen molar-refractivity contribution in [3.05, 3.63) is 65.7 Å². The molecule has 6 nitrogen and oxygen atoms in total. The molecule has 0 saturated heterocycles. The van der Waals surface area contributed by atoms with Crippen LogP contribution in [-0.4, -0.2) is 26.1 Å². The highest BCUT2D eigenvalue weighted by atomic mass is 16.1. The van der Waals surface area contributed by atoms with E-state index in [4.69, 9.17) is 5.73 Å². The summed E-state index contributed by atoms with van der Waals surface area (Å²) in [6, 6.07) is 17.0. The lowest BCUT2D eigenvalue weighted by atomic mass is 10.1. The summed E-state index contributed by atoms with van der Waals surface area (Å²) in [5.41, 5.74) is 7.70. The van der Waals surface area contributed by atoms with Gasteiger partial charge in [-0.25, -0.2) is 0 Å². The molecule has 1 heterocycles. The second-order valence-corrected chi connectivity index (χ2v) is 4.89. The fourth-order valence-electron chi connectivity index (χ4n) is 2.11. The van der Waals surface area contributed by atoms with Crippen LogP contribution in [-0.2, 0) is 13.0 Å². The van der Waals surface area contributed by atoms with Crippen molar-refractivity contribution >= 4 is 5.91 Å². The van der Waals surface area contributed by atoms with Crippen molar-refractivity contribution < 1.29 is 4.79 Å². The Kier molecular flexibility index (Phi) is 3.91. The predicted octanol–water partition coefficient (Wildman–Crippen LogP) is 1.68. The summed E-state index contributed by atoms with van der Waals surface area (Å²) in [7, 11) is 0. The first-order valence-electron chi connectivity index (χ1n) is 6.94. The molecule has 0 radical (unpaired) electrons. The van der Waals surface area contributed by atoms with Crippen molar-refractivity contribution in [1.29, 1.82) is 0 Å². The van der Waals surface area contributed by atoms with E-state index < -0.39 is 5.91 Å². The third-order valence-electron chi connectivity index (χ3n) is 3.32. The monoisotopic (exact) mass is 293 g/mol. The summed E-state index contributed by atoms with van der Waals surface area (Å²) in [5.74, 6) is 0.0788. The number of aryl methyl sites for hydroxylation is 2. The van der Waals surface area contributed by atoms with Gasteiger partial charge in [0.1, 0.15) is 0 Å². The van der Waals surface area contributed by atoms with Gasteiger partial charge in [0.05, 0.1) is 6.54 Å². The highest BCUT2D eigenvalue weighted by molar-refractivity contribution is 5.93. The van der Waals surface area contributed by atoms with E-state index in [1.165, 1.54) is 5.56 Å². The minimum atomic E-state index is -0.453. The van der Waals surface area contributed by atoms with E-state index in [-0.39, 0.29) is 0 Å². The number of hydrogen-bond donors (Lipinski definition) is 1. The fourth-order valence-corrected chi connectivity index (χ4v) is 2.11. The quantitative estimate of drug-likeness (QED) is 0.775. The number of primary amides is 1. The minimum Gasteiger partial charge on any atom is -0.366 e. The molecule has 2 N–H and O–H groups in total. The van der Waals surface area contributed by atoms with Gasteiger partial charge in [0.25, 0.3) is 0 Å². The average molecular weight is 293 g/mol. The smallest absolute Gasteiger partial charge is 0.248 e. The maximum Gasteiger partial charge on any atom is 0.248 e. The summed E-state index contributed by atoms with van der Waals surface area (Å²) in [5, 5.41) is 12.4.